The molecular formula is C21H30N2O2. The number of amides is 2. The average Bonchev–Trinajstić information content (AvgIpc) is 3.23. The number of hydrogen-bond donors (Lipinski definition) is 0. The maximum Gasteiger partial charge on any atom is 0.228 e. The van der Waals surface area contributed by atoms with E-state index >= 15 is 0 Å². The lowest BCUT2D eigenvalue weighted by atomic mass is 9.88. The first-order chi connectivity index (χ1) is 11.8. The van der Waals surface area contributed by atoms with Crippen LogP contribution in [0.1, 0.15) is 51.5 Å². The monoisotopic (exact) mass is 342 g/mol. The van der Waals surface area contributed by atoms with Gasteiger partial charge < -0.3 is 9.80 Å². The molecule has 0 radical (unpaired) electrons. The molecule has 25 heavy (non-hydrogen) atoms. The van der Waals surface area contributed by atoms with Crippen LogP contribution in [0.4, 0.5) is 0 Å². The Kier molecular flexibility index (Phi) is 5.16. The van der Waals surface area contributed by atoms with Gasteiger partial charge in [0.2, 0.25) is 11.8 Å². The summed E-state index contributed by atoms with van der Waals surface area (Å²) in [7, 11) is 0. The molecule has 0 aliphatic carbocycles. The van der Waals surface area contributed by atoms with Crippen molar-refractivity contribution < 1.29 is 9.59 Å². The fraction of sp³-hybridized carbons (Fsp3) is 0.619. The van der Waals surface area contributed by atoms with Crippen LogP contribution < -0.4 is 0 Å². The molecule has 0 unspecified atom stereocenters. The van der Waals surface area contributed by atoms with Gasteiger partial charge in [-0.2, -0.15) is 0 Å². The van der Waals surface area contributed by atoms with Crippen LogP contribution in [0.15, 0.2) is 30.3 Å². The maximum atomic E-state index is 13.1. The Hall–Kier alpha value is -1.84. The third kappa shape index (κ3) is 4.23. The van der Waals surface area contributed by atoms with Crippen LogP contribution in [-0.2, 0) is 9.59 Å². The van der Waals surface area contributed by atoms with Gasteiger partial charge in [-0.3, -0.25) is 9.59 Å². The molecule has 0 N–H and O–H groups in total. The molecule has 2 aliphatic heterocycles. The minimum absolute atomic E-state index is 0.0314. The normalized spacial score (nSPS) is 24.0. The molecule has 0 aromatic heterocycles. The molecule has 3 rings (SSSR count). The summed E-state index contributed by atoms with van der Waals surface area (Å²) in [6.07, 6.45) is 2.72. The number of hydrogen-bond acceptors (Lipinski definition) is 2. The molecule has 1 aromatic rings. The third-order valence-corrected chi connectivity index (χ3v) is 5.32. The van der Waals surface area contributed by atoms with Crippen molar-refractivity contribution in [3.05, 3.63) is 35.9 Å². The molecule has 1 aromatic carbocycles. The van der Waals surface area contributed by atoms with E-state index < -0.39 is 0 Å². The topological polar surface area (TPSA) is 40.6 Å². The molecule has 4 nitrogen and oxygen atoms in total. The SMILES string of the molecule is CC(C)(C)CC(=O)N1C[C@H](C(=O)N2CCCC2)[C@H](c2ccccc2)C1. The molecule has 4 heteroatoms. The summed E-state index contributed by atoms with van der Waals surface area (Å²) in [6, 6.07) is 10.2. The summed E-state index contributed by atoms with van der Waals surface area (Å²) in [5.41, 5.74) is 1.14. The smallest absolute Gasteiger partial charge is 0.228 e. The highest BCUT2D eigenvalue weighted by atomic mass is 16.2. The summed E-state index contributed by atoms with van der Waals surface area (Å²) in [6.45, 7) is 9.21. The van der Waals surface area contributed by atoms with Gasteiger partial charge in [0, 0.05) is 38.5 Å². The van der Waals surface area contributed by atoms with E-state index in [0.717, 1.165) is 25.9 Å². The number of carbonyl (C=O) groups is 2. The lowest BCUT2D eigenvalue weighted by molar-refractivity contribution is -0.135. The molecule has 2 heterocycles. The molecular weight excluding hydrogens is 312 g/mol. The minimum Gasteiger partial charge on any atom is -0.342 e. The zero-order valence-corrected chi connectivity index (χ0v) is 15.7. The van der Waals surface area contributed by atoms with E-state index in [4.69, 9.17) is 0 Å². The summed E-state index contributed by atoms with van der Waals surface area (Å²) >= 11 is 0. The van der Waals surface area contributed by atoms with E-state index in [1.165, 1.54) is 5.56 Å². The van der Waals surface area contributed by atoms with Crippen LogP contribution >= 0.6 is 0 Å². The largest absolute Gasteiger partial charge is 0.342 e. The van der Waals surface area contributed by atoms with Crippen molar-refractivity contribution in [3.8, 4) is 0 Å². The van der Waals surface area contributed by atoms with Gasteiger partial charge >= 0.3 is 0 Å². The first kappa shape index (κ1) is 18.0. The van der Waals surface area contributed by atoms with Crippen molar-refractivity contribution in [2.24, 2.45) is 11.3 Å². The first-order valence-corrected chi connectivity index (χ1v) is 9.47. The van der Waals surface area contributed by atoms with Crippen LogP contribution in [0.3, 0.4) is 0 Å². The zero-order chi connectivity index (χ0) is 18.0. The van der Waals surface area contributed by atoms with E-state index in [-0.39, 0.29) is 29.1 Å². The van der Waals surface area contributed by atoms with E-state index in [9.17, 15) is 9.59 Å². The second-order valence-electron chi connectivity index (χ2n) is 8.69. The summed E-state index contributed by atoms with van der Waals surface area (Å²) in [5, 5.41) is 0. The summed E-state index contributed by atoms with van der Waals surface area (Å²) < 4.78 is 0. The standard InChI is InChI=1S/C21H30N2O2/c1-21(2,3)13-19(24)23-14-17(16-9-5-4-6-10-16)18(15-23)20(25)22-11-7-8-12-22/h4-6,9-10,17-18H,7-8,11-15H2,1-3H3/t17-,18-/m0/s1. The predicted molar refractivity (Wildman–Crippen MR) is 99.1 cm³/mol. The average molecular weight is 342 g/mol. The molecule has 2 saturated heterocycles. The van der Waals surface area contributed by atoms with Gasteiger partial charge in [0.15, 0.2) is 0 Å². The maximum absolute atomic E-state index is 13.1. The van der Waals surface area contributed by atoms with Crippen LogP contribution in [-0.4, -0.2) is 47.8 Å². The van der Waals surface area contributed by atoms with Gasteiger partial charge in [0.05, 0.1) is 5.92 Å². The second-order valence-corrected chi connectivity index (χ2v) is 8.69. The van der Waals surface area contributed by atoms with Crippen molar-refractivity contribution in [1.82, 2.24) is 9.80 Å². The third-order valence-electron chi connectivity index (χ3n) is 5.32. The van der Waals surface area contributed by atoms with Gasteiger partial charge in [-0.05, 0) is 23.8 Å². The van der Waals surface area contributed by atoms with Crippen LogP contribution in [0.2, 0.25) is 0 Å². The van der Waals surface area contributed by atoms with Gasteiger partial charge in [-0.15, -0.1) is 0 Å². The van der Waals surface area contributed by atoms with Crippen molar-refractivity contribution in [3.63, 3.8) is 0 Å². The zero-order valence-electron chi connectivity index (χ0n) is 15.7. The first-order valence-electron chi connectivity index (χ1n) is 9.47. The fourth-order valence-electron chi connectivity index (χ4n) is 4.03. The molecule has 136 valence electrons. The summed E-state index contributed by atoms with van der Waals surface area (Å²) in [5.74, 6) is 0.408. The highest BCUT2D eigenvalue weighted by molar-refractivity contribution is 5.83. The van der Waals surface area contributed by atoms with Gasteiger partial charge in [0.25, 0.3) is 0 Å². The van der Waals surface area contributed by atoms with Gasteiger partial charge in [-0.25, -0.2) is 0 Å². The van der Waals surface area contributed by atoms with E-state index in [1.54, 1.807) is 0 Å². The highest BCUT2D eigenvalue weighted by Crippen LogP contribution is 2.35. The number of benzene rings is 1. The lowest BCUT2D eigenvalue weighted by Crippen LogP contribution is -2.38. The van der Waals surface area contributed by atoms with E-state index in [2.05, 4.69) is 32.9 Å². The highest BCUT2D eigenvalue weighted by Gasteiger charge is 2.42. The molecule has 0 bridgehead atoms. The van der Waals surface area contributed by atoms with Crippen molar-refractivity contribution >= 4 is 11.8 Å². The molecule has 0 spiro atoms. The Morgan fingerprint density at radius 1 is 1.00 bits per heavy atom. The number of likely N-dealkylation sites (tertiary alicyclic amines) is 2. The van der Waals surface area contributed by atoms with Gasteiger partial charge in [0.1, 0.15) is 0 Å². The molecule has 2 amide bonds. The summed E-state index contributed by atoms with van der Waals surface area (Å²) in [4.78, 5) is 29.7. The Morgan fingerprint density at radius 3 is 2.24 bits per heavy atom. The van der Waals surface area contributed by atoms with Gasteiger partial charge in [-0.1, -0.05) is 51.1 Å². The number of nitrogens with zero attached hydrogens (tertiary/aromatic N) is 2. The number of carbonyl (C=O) groups excluding carboxylic acids is 2. The molecule has 2 fully saturated rings. The fourth-order valence-corrected chi connectivity index (χ4v) is 4.03. The minimum atomic E-state index is -0.107. The lowest BCUT2D eigenvalue weighted by Gasteiger charge is -2.24. The Bertz CT molecular complexity index is 615. The Labute approximate surface area is 151 Å². The van der Waals surface area contributed by atoms with E-state index in [0.29, 0.717) is 19.5 Å². The molecule has 0 saturated carbocycles. The Balaban J connectivity index is 1.80. The second kappa shape index (κ2) is 7.19. The quantitative estimate of drug-likeness (QED) is 0.846. The van der Waals surface area contributed by atoms with Crippen molar-refractivity contribution in [2.45, 2.75) is 46.0 Å². The molecule has 2 atom stereocenters. The van der Waals surface area contributed by atoms with Crippen LogP contribution in [0, 0.1) is 11.3 Å². The van der Waals surface area contributed by atoms with Crippen molar-refractivity contribution in [2.75, 3.05) is 26.2 Å². The van der Waals surface area contributed by atoms with E-state index in [1.807, 2.05) is 28.0 Å². The van der Waals surface area contributed by atoms with Crippen molar-refractivity contribution in [1.29, 1.82) is 0 Å². The number of rotatable bonds is 3. The predicted octanol–water partition coefficient (Wildman–Crippen LogP) is 3.29. The Morgan fingerprint density at radius 2 is 1.64 bits per heavy atom. The van der Waals surface area contributed by atoms with Crippen LogP contribution in [0.25, 0.3) is 0 Å². The molecule has 2 aliphatic rings. The van der Waals surface area contributed by atoms with Crippen LogP contribution in [0.5, 0.6) is 0 Å².